The summed E-state index contributed by atoms with van der Waals surface area (Å²) >= 11 is 0. The van der Waals surface area contributed by atoms with E-state index in [2.05, 4.69) is 5.32 Å². The number of carbonyl (C=O) groups is 2. The van der Waals surface area contributed by atoms with E-state index in [1.54, 1.807) is 18.7 Å². The van der Waals surface area contributed by atoms with E-state index < -0.39 is 6.04 Å². The number of hydrogen-bond acceptors (Lipinski definition) is 4. The average molecular weight is 258 g/mol. The SMILES string of the molecule is CCC(=O)[C@@H](NC(=O)N1CCOCC1)[C@@H](C)OC. The van der Waals surface area contributed by atoms with Gasteiger partial charge < -0.3 is 19.7 Å². The van der Waals surface area contributed by atoms with E-state index in [4.69, 9.17) is 9.47 Å². The number of ether oxygens (including phenoxy) is 2. The highest BCUT2D eigenvalue weighted by atomic mass is 16.5. The predicted molar refractivity (Wildman–Crippen MR) is 66.5 cm³/mol. The molecule has 0 aromatic rings. The standard InChI is InChI=1S/C12H22N2O4/c1-4-10(15)11(9(2)17-3)13-12(16)14-5-7-18-8-6-14/h9,11H,4-8H2,1-3H3,(H,13,16)/t9-,11+/m1/s1. The van der Waals surface area contributed by atoms with Crippen molar-refractivity contribution in [3.05, 3.63) is 0 Å². The molecule has 0 bridgehead atoms. The van der Waals surface area contributed by atoms with Crippen molar-refractivity contribution in [2.24, 2.45) is 0 Å². The lowest BCUT2D eigenvalue weighted by Gasteiger charge is -2.30. The Balaban J connectivity index is 2.58. The number of carbonyl (C=O) groups excluding carboxylic acids is 2. The first kappa shape index (κ1) is 14.9. The number of amides is 2. The van der Waals surface area contributed by atoms with Gasteiger partial charge >= 0.3 is 6.03 Å². The van der Waals surface area contributed by atoms with Crippen LogP contribution in [0.2, 0.25) is 0 Å². The van der Waals surface area contributed by atoms with Crippen LogP contribution in [0.25, 0.3) is 0 Å². The molecule has 18 heavy (non-hydrogen) atoms. The molecule has 0 aromatic carbocycles. The third kappa shape index (κ3) is 3.96. The van der Waals surface area contributed by atoms with E-state index in [0.29, 0.717) is 32.7 Å². The van der Waals surface area contributed by atoms with Crippen LogP contribution in [-0.4, -0.2) is 62.3 Å². The normalized spacial score (nSPS) is 19.2. The van der Waals surface area contributed by atoms with E-state index in [1.165, 1.54) is 7.11 Å². The summed E-state index contributed by atoms with van der Waals surface area (Å²) in [7, 11) is 1.53. The fourth-order valence-corrected chi connectivity index (χ4v) is 1.81. The Morgan fingerprint density at radius 3 is 2.50 bits per heavy atom. The molecule has 1 N–H and O–H groups in total. The maximum absolute atomic E-state index is 12.0. The molecule has 1 aliphatic rings. The van der Waals surface area contributed by atoms with Gasteiger partial charge in [0.1, 0.15) is 6.04 Å². The molecule has 1 saturated heterocycles. The Morgan fingerprint density at radius 2 is 2.00 bits per heavy atom. The predicted octanol–water partition coefficient (Wildman–Crippen LogP) is 0.411. The van der Waals surface area contributed by atoms with E-state index in [9.17, 15) is 9.59 Å². The van der Waals surface area contributed by atoms with E-state index in [0.717, 1.165) is 0 Å². The molecule has 2 amide bonds. The molecule has 1 heterocycles. The minimum absolute atomic E-state index is 0.0223. The maximum Gasteiger partial charge on any atom is 0.318 e. The second kappa shape index (κ2) is 7.33. The number of nitrogens with one attached hydrogen (secondary N) is 1. The minimum Gasteiger partial charge on any atom is -0.379 e. The van der Waals surface area contributed by atoms with Crippen LogP contribution in [-0.2, 0) is 14.3 Å². The van der Waals surface area contributed by atoms with Crippen molar-refractivity contribution in [3.8, 4) is 0 Å². The van der Waals surface area contributed by atoms with Crippen LogP contribution in [0.15, 0.2) is 0 Å². The number of hydrogen-bond donors (Lipinski definition) is 1. The largest absolute Gasteiger partial charge is 0.379 e. The molecule has 104 valence electrons. The average Bonchev–Trinajstić information content (AvgIpc) is 2.43. The van der Waals surface area contributed by atoms with Crippen molar-refractivity contribution in [1.82, 2.24) is 10.2 Å². The summed E-state index contributed by atoms with van der Waals surface area (Å²) in [6, 6.07) is -0.815. The fourth-order valence-electron chi connectivity index (χ4n) is 1.81. The number of nitrogens with zero attached hydrogens (tertiary/aromatic N) is 1. The Labute approximate surface area is 108 Å². The van der Waals surface area contributed by atoms with Crippen LogP contribution in [0.4, 0.5) is 4.79 Å². The Hall–Kier alpha value is -1.14. The Morgan fingerprint density at radius 1 is 1.39 bits per heavy atom. The molecule has 1 rings (SSSR count). The molecule has 1 fully saturated rings. The number of morpholine rings is 1. The Kier molecular flexibility index (Phi) is 6.07. The second-order valence-electron chi connectivity index (χ2n) is 4.29. The van der Waals surface area contributed by atoms with Gasteiger partial charge in [0.05, 0.1) is 19.3 Å². The molecule has 0 unspecified atom stereocenters. The van der Waals surface area contributed by atoms with Crippen LogP contribution in [0.5, 0.6) is 0 Å². The summed E-state index contributed by atoms with van der Waals surface area (Å²) in [5, 5.41) is 2.74. The van der Waals surface area contributed by atoms with Gasteiger partial charge in [-0.05, 0) is 6.92 Å². The van der Waals surface area contributed by atoms with Gasteiger partial charge in [0.15, 0.2) is 5.78 Å². The quantitative estimate of drug-likeness (QED) is 0.775. The molecule has 0 spiro atoms. The molecular formula is C12H22N2O4. The van der Waals surface area contributed by atoms with Gasteiger partial charge in [0.2, 0.25) is 0 Å². The summed E-state index contributed by atoms with van der Waals surface area (Å²) in [5.41, 5.74) is 0. The first-order valence-electron chi connectivity index (χ1n) is 6.28. The van der Waals surface area contributed by atoms with Crippen LogP contribution < -0.4 is 5.32 Å². The van der Waals surface area contributed by atoms with Gasteiger partial charge in [-0.2, -0.15) is 0 Å². The van der Waals surface area contributed by atoms with Gasteiger partial charge in [-0.1, -0.05) is 6.92 Å². The molecule has 2 atom stereocenters. The molecule has 0 saturated carbocycles. The third-order valence-corrected chi connectivity index (χ3v) is 3.11. The summed E-state index contributed by atoms with van der Waals surface area (Å²) in [5.74, 6) is -0.0223. The molecule has 0 radical (unpaired) electrons. The number of urea groups is 1. The van der Waals surface area contributed by atoms with E-state index in [1.807, 2.05) is 0 Å². The molecular weight excluding hydrogens is 236 g/mol. The summed E-state index contributed by atoms with van der Waals surface area (Å²) in [6.45, 7) is 5.75. The van der Waals surface area contributed by atoms with Crippen molar-refractivity contribution in [2.75, 3.05) is 33.4 Å². The van der Waals surface area contributed by atoms with Crippen molar-refractivity contribution in [3.63, 3.8) is 0 Å². The summed E-state index contributed by atoms with van der Waals surface area (Å²) < 4.78 is 10.3. The van der Waals surface area contributed by atoms with Crippen molar-refractivity contribution in [1.29, 1.82) is 0 Å². The van der Waals surface area contributed by atoms with Gasteiger partial charge in [-0.15, -0.1) is 0 Å². The minimum atomic E-state index is -0.588. The van der Waals surface area contributed by atoms with Crippen LogP contribution in [0.3, 0.4) is 0 Å². The summed E-state index contributed by atoms with van der Waals surface area (Å²) in [4.78, 5) is 25.4. The van der Waals surface area contributed by atoms with Crippen LogP contribution >= 0.6 is 0 Å². The fraction of sp³-hybridized carbons (Fsp3) is 0.833. The van der Waals surface area contributed by atoms with Gasteiger partial charge in [-0.25, -0.2) is 4.79 Å². The maximum atomic E-state index is 12.0. The van der Waals surface area contributed by atoms with E-state index >= 15 is 0 Å². The molecule has 0 aromatic heterocycles. The highest BCUT2D eigenvalue weighted by Crippen LogP contribution is 2.04. The van der Waals surface area contributed by atoms with Crippen molar-refractivity contribution < 1.29 is 19.1 Å². The molecule has 6 heteroatoms. The van der Waals surface area contributed by atoms with Gasteiger partial charge in [0.25, 0.3) is 0 Å². The number of Topliss-reactive ketones (excluding diaryl/α,β-unsaturated/α-hetero) is 1. The van der Waals surface area contributed by atoms with Gasteiger partial charge in [-0.3, -0.25) is 4.79 Å². The molecule has 0 aliphatic carbocycles. The molecule has 1 aliphatic heterocycles. The zero-order chi connectivity index (χ0) is 13.5. The second-order valence-corrected chi connectivity index (χ2v) is 4.29. The third-order valence-electron chi connectivity index (χ3n) is 3.11. The lowest BCUT2D eigenvalue weighted by molar-refractivity contribution is -0.123. The number of rotatable bonds is 5. The topological polar surface area (TPSA) is 67.9 Å². The zero-order valence-electron chi connectivity index (χ0n) is 11.3. The monoisotopic (exact) mass is 258 g/mol. The lowest BCUT2D eigenvalue weighted by atomic mass is 10.1. The van der Waals surface area contributed by atoms with Crippen molar-refractivity contribution in [2.45, 2.75) is 32.4 Å². The van der Waals surface area contributed by atoms with E-state index in [-0.39, 0.29) is 17.9 Å². The smallest absolute Gasteiger partial charge is 0.318 e. The van der Waals surface area contributed by atoms with Crippen LogP contribution in [0.1, 0.15) is 20.3 Å². The number of methoxy groups -OCH3 is 1. The lowest BCUT2D eigenvalue weighted by Crippen LogP contribution is -2.54. The van der Waals surface area contributed by atoms with Crippen molar-refractivity contribution >= 4 is 11.8 Å². The summed E-state index contributed by atoms with van der Waals surface area (Å²) in [6.07, 6.45) is 0.0457. The highest BCUT2D eigenvalue weighted by Gasteiger charge is 2.28. The first-order valence-corrected chi connectivity index (χ1v) is 6.28. The Bertz CT molecular complexity index is 290. The number of ketones is 1. The van der Waals surface area contributed by atoms with Crippen LogP contribution in [0, 0.1) is 0 Å². The first-order chi connectivity index (χ1) is 8.60. The molecule has 6 nitrogen and oxygen atoms in total. The highest BCUT2D eigenvalue weighted by molar-refractivity contribution is 5.88. The zero-order valence-corrected chi connectivity index (χ0v) is 11.3. The van der Waals surface area contributed by atoms with Gasteiger partial charge in [0, 0.05) is 26.6 Å².